The third-order valence-electron chi connectivity index (χ3n) is 6.45. The molecule has 1 aliphatic carbocycles. The van der Waals surface area contributed by atoms with Crippen LogP contribution in [0.5, 0.6) is 0 Å². The normalized spacial score (nSPS) is 18.8. The first-order valence-corrected chi connectivity index (χ1v) is 10.9. The molecule has 1 saturated heterocycles. The number of rotatable bonds is 2. The molecular weight excluding hydrogens is 424 g/mol. The number of benzene rings is 2. The van der Waals surface area contributed by atoms with Crippen LogP contribution in [-0.2, 0) is 4.79 Å². The molecule has 0 atom stereocenters. The van der Waals surface area contributed by atoms with E-state index < -0.39 is 5.41 Å². The average molecular weight is 449 g/mol. The summed E-state index contributed by atoms with van der Waals surface area (Å²) in [4.78, 5) is 15.1. The van der Waals surface area contributed by atoms with Crippen LogP contribution in [0.15, 0.2) is 59.7 Å². The molecule has 168 valence electrons. The van der Waals surface area contributed by atoms with E-state index in [1.807, 2.05) is 53.5 Å². The Morgan fingerprint density at radius 2 is 1.50 bits per heavy atom. The van der Waals surface area contributed by atoms with Crippen LogP contribution in [0.3, 0.4) is 0 Å². The molecular formula is C27H24N6O. The molecule has 34 heavy (non-hydrogen) atoms. The van der Waals surface area contributed by atoms with Gasteiger partial charge in [0.2, 0.25) is 0 Å². The number of guanidine groups is 2. The van der Waals surface area contributed by atoms with Gasteiger partial charge in [0.05, 0.1) is 11.6 Å². The van der Waals surface area contributed by atoms with Crippen molar-refractivity contribution in [3.05, 3.63) is 81.9 Å². The topological polar surface area (TPSA) is 130 Å². The van der Waals surface area contributed by atoms with Crippen molar-refractivity contribution in [1.29, 1.82) is 16.1 Å². The molecule has 2 aromatic carbocycles. The Morgan fingerprint density at radius 3 is 1.94 bits per heavy atom. The minimum absolute atomic E-state index is 0.00998. The number of nitrogens with zero attached hydrogens (tertiary/aromatic N) is 2. The third-order valence-corrected chi connectivity index (χ3v) is 6.45. The minimum atomic E-state index is -0.428. The van der Waals surface area contributed by atoms with E-state index >= 15 is 0 Å². The van der Waals surface area contributed by atoms with Crippen LogP contribution in [0, 0.1) is 39.9 Å². The van der Waals surface area contributed by atoms with Crippen molar-refractivity contribution < 1.29 is 4.79 Å². The zero-order valence-corrected chi connectivity index (χ0v) is 18.6. The second-order valence-electron chi connectivity index (χ2n) is 8.40. The van der Waals surface area contributed by atoms with Gasteiger partial charge < -0.3 is 10.6 Å². The van der Waals surface area contributed by atoms with Gasteiger partial charge in [0.15, 0.2) is 17.7 Å². The maximum Gasteiger partial charge on any atom is 0.197 e. The first kappa shape index (κ1) is 22.6. The van der Waals surface area contributed by atoms with Crippen LogP contribution in [0.2, 0.25) is 0 Å². The first-order chi connectivity index (χ1) is 16.4. The summed E-state index contributed by atoms with van der Waals surface area (Å²) in [6, 6.07) is 16.8. The predicted molar refractivity (Wildman–Crippen MR) is 133 cm³/mol. The van der Waals surface area contributed by atoms with Crippen molar-refractivity contribution >= 4 is 29.9 Å². The fourth-order valence-corrected chi connectivity index (χ4v) is 4.59. The summed E-state index contributed by atoms with van der Waals surface area (Å²) in [5.74, 6) is 2.42. The fourth-order valence-electron chi connectivity index (χ4n) is 4.59. The number of hydrogen-bond acceptors (Lipinski definition) is 4. The molecule has 0 bridgehead atoms. The smallest absolute Gasteiger partial charge is 0.197 e. The molecule has 1 saturated carbocycles. The van der Waals surface area contributed by atoms with E-state index in [-0.39, 0.29) is 17.7 Å². The Bertz CT molecular complexity index is 1220. The number of carbonyl (C=O) groups is 1. The average Bonchev–Trinajstić information content (AvgIpc) is 2.86. The van der Waals surface area contributed by atoms with Crippen LogP contribution in [-0.4, -0.2) is 35.7 Å². The number of piperidine rings is 1. The molecule has 7 heteroatoms. The number of Topliss-reactive ketones (excluding diaryl/α,β-unsaturated/α-hetero) is 1. The standard InChI is InChI=1S/C27H24N6O/c1-2-18-3-5-19(6-4-18)15-22-24(34)23(16-20-7-9-21(17-28)10-8-20)27(22)11-13-33(14-12-27)26(31)32-25(29)30/h1,3-10,15-16H,11-14H2,(H5,29,30,31,32)/b22-15-,23-16-. The Morgan fingerprint density at radius 1 is 1.00 bits per heavy atom. The van der Waals surface area contributed by atoms with Gasteiger partial charge in [-0.3, -0.25) is 20.9 Å². The van der Waals surface area contributed by atoms with Gasteiger partial charge >= 0.3 is 0 Å². The molecule has 4 rings (SSSR count). The van der Waals surface area contributed by atoms with E-state index in [0.717, 1.165) is 27.8 Å². The molecule has 5 N–H and O–H groups in total. The fraction of sp³-hybridized carbons (Fsp3) is 0.185. The highest BCUT2D eigenvalue weighted by Gasteiger charge is 2.54. The van der Waals surface area contributed by atoms with E-state index in [0.29, 0.717) is 31.5 Å². The number of likely N-dealkylation sites (tertiary alicyclic amines) is 1. The van der Waals surface area contributed by atoms with E-state index in [9.17, 15) is 4.79 Å². The molecule has 2 aromatic rings. The van der Waals surface area contributed by atoms with Gasteiger partial charge in [-0.05, 0) is 60.4 Å². The Labute approximate surface area is 198 Å². The van der Waals surface area contributed by atoms with Crippen molar-refractivity contribution in [3.8, 4) is 18.4 Å². The van der Waals surface area contributed by atoms with Gasteiger partial charge in [-0.2, -0.15) is 5.26 Å². The minimum Gasteiger partial charge on any atom is -0.370 e. The van der Waals surface area contributed by atoms with Gasteiger partial charge in [-0.25, -0.2) is 0 Å². The highest BCUT2D eigenvalue weighted by Crippen LogP contribution is 2.56. The number of nitrogens with one attached hydrogen (secondary N) is 3. The van der Waals surface area contributed by atoms with Gasteiger partial charge in [0, 0.05) is 35.2 Å². The van der Waals surface area contributed by atoms with Gasteiger partial charge in [-0.1, -0.05) is 30.2 Å². The number of allylic oxidation sites excluding steroid dienone is 2. The SMILES string of the molecule is C#Cc1ccc(/C=C2/C(=O)/C(=C/c3ccc(C#N)cc3)C23CCN(C(=N)NC(=N)N)CC3)cc1. The van der Waals surface area contributed by atoms with Crippen molar-refractivity contribution in [2.75, 3.05) is 13.1 Å². The van der Waals surface area contributed by atoms with Crippen LogP contribution >= 0.6 is 0 Å². The van der Waals surface area contributed by atoms with E-state index in [2.05, 4.69) is 17.3 Å². The highest BCUT2D eigenvalue weighted by molar-refractivity contribution is 6.23. The highest BCUT2D eigenvalue weighted by atomic mass is 16.1. The summed E-state index contributed by atoms with van der Waals surface area (Å²) in [6.07, 6.45) is 10.6. The molecule has 0 amide bonds. The first-order valence-electron chi connectivity index (χ1n) is 10.9. The van der Waals surface area contributed by atoms with E-state index in [1.165, 1.54) is 0 Å². The Hall–Kier alpha value is -4.62. The van der Waals surface area contributed by atoms with Crippen LogP contribution < -0.4 is 11.1 Å². The predicted octanol–water partition coefficient (Wildman–Crippen LogP) is 3.09. The second-order valence-corrected chi connectivity index (χ2v) is 8.40. The molecule has 0 aromatic heterocycles. The maximum atomic E-state index is 13.3. The van der Waals surface area contributed by atoms with Crippen molar-refractivity contribution in [2.45, 2.75) is 12.8 Å². The summed E-state index contributed by atoms with van der Waals surface area (Å²) >= 11 is 0. The number of terminal acetylenes is 1. The summed E-state index contributed by atoms with van der Waals surface area (Å²) in [6.45, 7) is 1.09. The van der Waals surface area contributed by atoms with Crippen LogP contribution in [0.25, 0.3) is 12.2 Å². The number of carbonyl (C=O) groups excluding carboxylic acids is 1. The zero-order valence-electron chi connectivity index (χ0n) is 18.6. The lowest BCUT2D eigenvalue weighted by atomic mass is 9.54. The largest absolute Gasteiger partial charge is 0.370 e. The molecule has 2 aliphatic rings. The maximum absolute atomic E-state index is 13.3. The third kappa shape index (κ3) is 4.20. The van der Waals surface area contributed by atoms with Crippen molar-refractivity contribution in [1.82, 2.24) is 10.2 Å². The number of ketones is 1. The molecule has 7 nitrogen and oxygen atoms in total. The lowest BCUT2D eigenvalue weighted by Gasteiger charge is -2.51. The molecule has 0 unspecified atom stereocenters. The molecule has 0 radical (unpaired) electrons. The van der Waals surface area contributed by atoms with Gasteiger partial charge in [-0.15, -0.1) is 6.42 Å². The zero-order chi connectivity index (χ0) is 24.3. The lowest BCUT2D eigenvalue weighted by Crippen LogP contribution is -2.55. The van der Waals surface area contributed by atoms with E-state index in [1.54, 1.807) is 12.1 Å². The van der Waals surface area contributed by atoms with Crippen LogP contribution in [0.4, 0.5) is 0 Å². The lowest BCUT2D eigenvalue weighted by molar-refractivity contribution is -0.118. The van der Waals surface area contributed by atoms with E-state index in [4.69, 9.17) is 28.2 Å². The summed E-state index contributed by atoms with van der Waals surface area (Å²) < 4.78 is 0. The Balaban J connectivity index is 1.67. The van der Waals surface area contributed by atoms with Crippen molar-refractivity contribution in [2.24, 2.45) is 11.1 Å². The summed E-state index contributed by atoms with van der Waals surface area (Å²) in [5, 5.41) is 27.1. The Kier molecular flexibility index (Phi) is 6.03. The molecule has 1 aliphatic heterocycles. The second kappa shape index (κ2) is 9.09. The number of nitriles is 1. The van der Waals surface area contributed by atoms with Gasteiger partial charge in [0.25, 0.3) is 0 Å². The van der Waals surface area contributed by atoms with Gasteiger partial charge in [0.1, 0.15) is 0 Å². The molecule has 1 spiro atoms. The molecule has 1 heterocycles. The van der Waals surface area contributed by atoms with Crippen LogP contribution in [0.1, 0.15) is 35.1 Å². The molecule has 2 fully saturated rings. The monoisotopic (exact) mass is 448 g/mol. The number of hydrogen-bond donors (Lipinski definition) is 4. The quantitative estimate of drug-likeness (QED) is 0.243. The number of nitrogens with two attached hydrogens (primary N) is 1. The van der Waals surface area contributed by atoms with Crippen molar-refractivity contribution in [3.63, 3.8) is 0 Å². The summed E-state index contributed by atoms with van der Waals surface area (Å²) in [5.41, 5.74) is 9.57. The summed E-state index contributed by atoms with van der Waals surface area (Å²) in [7, 11) is 0.